The third-order valence-electron chi connectivity index (χ3n) is 2.15. The summed E-state index contributed by atoms with van der Waals surface area (Å²) < 4.78 is 0. The van der Waals surface area contributed by atoms with E-state index in [9.17, 15) is 14.4 Å². The molecule has 1 unspecified atom stereocenters. The molecule has 0 saturated heterocycles. The van der Waals surface area contributed by atoms with Gasteiger partial charge < -0.3 is 10.4 Å². The largest absolute Gasteiger partial charge is 0.480 e. The van der Waals surface area contributed by atoms with Crippen molar-refractivity contribution in [3.8, 4) is 0 Å². The summed E-state index contributed by atoms with van der Waals surface area (Å²) in [6.07, 6.45) is 0. The standard InChI is InChI=1S/C11H21N3O4/c1-7(9(16)17)14(5)6-8(15)12-10(18)13-11(2,3)4/h7H,6H2,1-5H3,(H,16,17)(H2,12,13,15,18). The first-order chi connectivity index (χ1) is 8.03. The number of rotatable bonds is 4. The summed E-state index contributed by atoms with van der Waals surface area (Å²) >= 11 is 0. The minimum atomic E-state index is -1.02. The number of likely N-dealkylation sites (N-methyl/N-ethyl adjacent to an activating group) is 1. The van der Waals surface area contributed by atoms with Crippen molar-refractivity contribution in [1.82, 2.24) is 15.5 Å². The number of nitrogens with one attached hydrogen (secondary N) is 2. The molecule has 18 heavy (non-hydrogen) atoms. The summed E-state index contributed by atoms with van der Waals surface area (Å²) in [6.45, 7) is 6.66. The summed E-state index contributed by atoms with van der Waals surface area (Å²) in [7, 11) is 1.50. The van der Waals surface area contributed by atoms with Gasteiger partial charge in [-0.25, -0.2) is 4.79 Å². The monoisotopic (exact) mass is 259 g/mol. The number of carbonyl (C=O) groups is 3. The van der Waals surface area contributed by atoms with Crippen molar-refractivity contribution in [3.05, 3.63) is 0 Å². The van der Waals surface area contributed by atoms with Gasteiger partial charge in [0.15, 0.2) is 0 Å². The number of amides is 3. The molecule has 0 aliphatic heterocycles. The van der Waals surface area contributed by atoms with Gasteiger partial charge in [-0.3, -0.25) is 19.8 Å². The minimum absolute atomic E-state index is 0.162. The third kappa shape index (κ3) is 6.85. The zero-order chi connectivity index (χ0) is 14.5. The van der Waals surface area contributed by atoms with Crippen LogP contribution in [0.15, 0.2) is 0 Å². The molecule has 0 aliphatic carbocycles. The molecule has 0 saturated carbocycles. The lowest BCUT2D eigenvalue weighted by Crippen LogP contribution is -2.51. The smallest absolute Gasteiger partial charge is 0.321 e. The Morgan fingerprint density at radius 1 is 1.28 bits per heavy atom. The number of hydrogen-bond donors (Lipinski definition) is 3. The van der Waals surface area contributed by atoms with E-state index in [1.807, 2.05) is 0 Å². The average molecular weight is 259 g/mol. The number of carboxylic acid groups (broad SMARTS) is 1. The van der Waals surface area contributed by atoms with Crippen LogP contribution in [0.2, 0.25) is 0 Å². The van der Waals surface area contributed by atoms with Gasteiger partial charge >= 0.3 is 12.0 Å². The van der Waals surface area contributed by atoms with Crippen molar-refractivity contribution in [1.29, 1.82) is 0 Å². The molecule has 3 amide bonds. The van der Waals surface area contributed by atoms with Crippen LogP contribution in [-0.4, -0.2) is 53.1 Å². The molecule has 0 aromatic heterocycles. The molecule has 104 valence electrons. The molecule has 3 N–H and O–H groups in total. The van der Waals surface area contributed by atoms with E-state index >= 15 is 0 Å². The van der Waals surface area contributed by atoms with Crippen LogP contribution in [0.25, 0.3) is 0 Å². The van der Waals surface area contributed by atoms with Gasteiger partial charge in [-0.2, -0.15) is 0 Å². The highest BCUT2D eigenvalue weighted by Crippen LogP contribution is 1.98. The van der Waals surface area contributed by atoms with Crippen molar-refractivity contribution >= 4 is 17.9 Å². The summed E-state index contributed by atoms with van der Waals surface area (Å²) in [4.78, 5) is 34.9. The number of carboxylic acids is 1. The van der Waals surface area contributed by atoms with Crippen LogP contribution in [0.1, 0.15) is 27.7 Å². The first-order valence-electron chi connectivity index (χ1n) is 5.58. The van der Waals surface area contributed by atoms with Crippen molar-refractivity contribution in [2.24, 2.45) is 0 Å². The van der Waals surface area contributed by atoms with Crippen LogP contribution in [-0.2, 0) is 9.59 Å². The Balaban J connectivity index is 4.20. The Bertz CT molecular complexity index is 336. The van der Waals surface area contributed by atoms with Gasteiger partial charge in [0, 0.05) is 5.54 Å². The van der Waals surface area contributed by atoms with Crippen molar-refractivity contribution < 1.29 is 19.5 Å². The number of hydrogen-bond acceptors (Lipinski definition) is 4. The maximum atomic E-state index is 11.5. The lowest BCUT2D eigenvalue weighted by atomic mass is 10.1. The van der Waals surface area contributed by atoms with Gasteiger partial charge in [0.1, 0.15) is 6.04 Å². The maximum absolute atomic E-state index is 11.5. The van der Waals surface area contributed by atoms with E-state index in [2.05, 4.69) is 10.6 Å². The maximum Gasteiger partial charge on any atom is 0.321 e. The Labute approximate surface area is 107 Å². The predicted molar refractivity (Wildman–Crippen MR) is 66.2 cm³/mol. The van der Waals surface area contributed by atoms with Gasteiger partial charge in [-0.1, -0.05) is 0 Å². The number of carbonyl (C=O) groups excluding carboxylic acids is 2. The topological polar surface area (TPSA) is 98.7 Å². The summed E-state index contributed by atoms with van der Waals surface area (Å²) in [5, 5.41) is 13.5. The van der Waals surface area contributed by atoms with Gasteiger partial charge in [0.2, 0.25) is 5.91 Å². The van der Waals surface area contributed by atoms with Gasteiger partial charge in [0.25, 0.3) is 0 Å². The van der Waals surface area contributed by atoms with E-state index in [0.29, 0.717) is 0 Å². The zero-order valence-corrected chi connectivity index (χ0v) is 11.4. The highest BCUT2D eigenvalue weighted by Gasteiger charge is 2.21. The molecule has 0 spiro atoms. The predicted octanol–water partition coefficient (Wildman–Crippen LogP) is 0.0156. The molecular formula is C11H21N3O4. The summed E-state index contributed by atoms with van der Waals surface area (Å²) in [5.74, 6) is -1.57. The molecular weight excluding hydrogens is 238 g/mol. The summed E-state index contributed by atoms with van der Waals surface area (Å²) in [5.41, 5.74) is -0.440. The molecule has 0 aromatic carbocycles. The first kappa shape index (κ1) is 16.4. The molecule has 0 heterocycles. The minimum Gasteiger partial charge on any atom is -0.480 e. The van der Waals surface area contributed by atoms with Crippen molar-refractivity contribution in [3.63, 3.8) is 0 Å². The first-order valence-corrected chi connectivity index (χ1v) is 5.58. The molecule has 7 heteroatoms. The van der Waals surface area contributed by atoms with E-state index in [1.165, 1.54) is 18.9 Å². The third-order valence-corrected chi connectivity index (χ3v) is 2.15. The van der Waals surface area contributed by atoms with E-state index in [-0.39, 0.29) is 6.54 Å². The second kappa shape index (κ2) is 6.34. The van der Waals surface area contributed by atoms with Crippen molar-refractivity contribution in [2.45, 2.75) is 39.3 Å². The lowest BCUT2D eigenvalue weighted by molar-refractivity contribution is -0.142. The fourth-order valence-corrected chi connectivity index (χ4v) is 1.09. The second-order valence-corrected chi connectivity index (χ2v) is 5.18. The number of imide groups is 1. The average Bonchev–Trinajstić information content (AvgIpc) is 2.12. The summed E-state index contributed by atoms with van der Waals surface area (Å²) in [6, 6.07) is -1.38. The fraction of sp³-hybridized carbons (Fsp3) is 0.727. The van der Waals surface area contributed by atoms with Crippen LogP contribution in [0.4, 0.5) is 4.79 Å². The van der Waals surface area contributed by atoms with Crippen LogP contribution >= 0.6 is 0 Å². The normalized spacial score (nSPS) is 13.0. The quantitative estimate of drug-likeness (QED) is 0.661. The molecule has 0 aromatic rings. The van der Waals surface area contributed by atoms with E-state index in [4.69, 9.17) is 5.11 Å². The number of aliphatic carboxylic acids is 1. The van der Waals surface area contributed by atoms with E-state index in [0.717, 1.165) is 0 Å². The van der Waals surface area contributed by atoms with Gasteiger partial charge in [0.05, 0.1) is 6.54 Å². The van der Waals surface area contributed by atoms with E-state index < -0.39 is 29.5 Å². The number of nitrogens with zero attached hydrogens (tertiary/aromatic N) is 1. The van der Waals surface area contributed by atoms with Gasteiger partial charge in [-0.05, 0) is 34.7 Å². The highest BCUT2D eigenvalue weighted by atomic mass is 16.4. The Kier molecular flexibility index (Phi) is 5.77. The molecule has 7 nitrogen and oxygen atoms in total. The molecule has 0 aliphatic rings. The van der Waals surface area contributed by atoms with Crippen LogP contribution in [0, 0.1) is 0 Å². The number of urea groups is 1. The molecule has 0 radical (unpaired) electrons. The Morgan fingerprint density at radius 3 is 2.17 bits per heavy atom. The lowest BCUT2D eigenvalue weighted by Gasteiger charge is -2.22. The second-order valence-electron chi connectivity index (χ2n) is 5.18. The molecule has 0 rings (SSSR count). The van der Waals surface area contributed by atoms with Crippen LogP contribution < -0.4 is 10.6 Å². The molecule has 1 atom stereocenters. The molecule has 0 bridgehead atoms. The van der Waals surface area contributed by atoms with Gasteiger partial charge in [-0.15, -0.1) is 0 Å². The molecule has 0 fully saturated rings. The SMILES string of the molecule is CC(C(=O)O)N(C)CC(=O)NC(=O)NC(C)(C)C. The Morgan fingerprint density at radius 2 is 1.78 bits per heavy atom. The fourth-order valence-electron chi connectivity index (χ4n) is 1.09. The van der Waals surface area contributed by atoms with Crippen molar-refractivity contribution in [2.75, 3.05) is 13.6 Å². The zero-order valence-electron chi connectivity index (χ0n) is 11.4. The van der Waals surface area contributed by atoms with E-state index in [1.54, 1.807) is 20.8 Å². The van der Waals surface area contributed by atoms with Crippen LogP contribution in [0.5, 0.6) is 0 Å². The highest BCUT2D eigenvalue weighted by molar-refractivity contribution is 5.95. The van der Waals surface area contributed by atoms with Crippen LogP contribution in [0.3, 0.4) is 0 Å². The Hall–Kier alpha value is -1.63.